The minimum Gasteiger partial charge on any atom is -0.382 e. The van der Waals surface area contributed by atoms with Crippen LogP contribution in [-0.4, -0.2) is 6.04 Å². The van der Waals surface area contributed by atoms with Crippen molar-refractivity contribution in [1.29, 1.82) is 0 Å². The van der Waals surface area contributed by atoms with E-state index in [1.165, 1.54) is 24.9 Å². The van der Waals surface area contributed by atoms with Crippen molar-refractivity contribution in [2.24, 2.45) is 17.8 Å². The second kappa shape index (κ2) is 5.57. The molecule has 1 heteroatoms. The van der Waals surface area contributed by atoms with Crippen LogP contribution in [0.1, 0.15) is 40.0 Å². The van der Waals surface area contributed by atoms with Crippen molar-refractivity contribution in [3.63, 3.8) is 0 Å². The smallest absolute Gasteiger partial charge is 0.0342 e. The van der Waals surface area contributed by atoms with Crippen molar-refractivity contribution in [1.82, 2.24) is 0 Å². The molecule has 17 heavy (non-hydrogen) atoms. The van der Waals surface area contributed by atoms with Crippen LogP contribution >= 0.6 is 0 Å². The highest BCUT2D eigenvalue weighted by atomic mass is 14.9. The minimum atomic E-state index is 0.654. The van der Waals surface area contributed by atoms with Gasteiger partial charge >= 0.3 is 0 Å². The molecule has 0 saturated heterocycles. The molecule has 3 atom stereocenters. The molecule has 0 aliphatic heterocycles. The Morgan fingerprint density at radius 1 is 1.12 bits per heavy atom. The summed E-state index contributed by atoms with van der Waals surface area (Å²) in [6.07, 6.45) is 4.09. The van der Waals surface area contributed by atoms with E-state index in [4.69, 9.17) is 0 Å². The quantitative estimate of drug-likeness (QED) is 0.804. The Morgan fingerprint density at radius 3 is 2.47 bits per heavy atom. The maximum absolute atomic E-state index is 3.74. The molecule has 0 aromatic heterocycles. The summed E-state index contributed by atoms with van der Waals surface area (Å²) in [6.45, 7) is 7.11. The van der Waals surface area contributed by atoms with Gasteiger partial charge in [0.25, 0.3) is 0 Å². The molecule has 1 aromatic carbocycles. The summed E-state index contributed by atoms with van der Waals surface area (Å²) in [4.78, 5) is 0. The highest BCUT2D eigenvalue weighted by Gasteiger charge is 2.30. The average Bonchev–Trinajstić information content (AvgIpc) is 2.30. The lowest BCUT2D eigenvalue weighted by Gasteiger charge is -2.38. The maximum Gasteiger partial charge on any atom is 0.0342 e. The van der Waals surface area contributed by atoms with Gasteiger partial charge in [0.15, 0.2) is 0 Å². The number of hydrogen-bond acceptors (Lipinski definition) is 1. The predicted octanol–water partition coefficient (Wildman–Crippen LogP) is 4.56. The number of para-hydroxylation sites is 1. The molecule has 0 heterocycles. The molecule has 1 saturated carbocycles. The molecule has 0 spiro atoms. The Hall–Kier alpha value is -0.980. The van der Waals surface area contributed by atoms with Crippen molar-refractivity contribution in [2.75, 3.05) is 5.32 Å². The fraction of sp³-hybridized carbons (Fsp3) is 0.625. The van der Waals surface area contributed by atoms with Crippen molar-refractivity contribution >= 4 is 5.69 Å². The summed E-state index contributed by atoms with van der Waals surface area (Å²) in [6, 6.07) is 11.3. The van der Waals surface area contributed by atoms with E-state index < -0.39 is 0 Å². The number of nitrogens with one attached hydrogen (secondary N) is 1. The highest BCUT2D eigenvalue weighted by molar-refractivity contribution is 5.43. The van der Waals surface area contributed by atoms with Crippen LogP contribution in [0.15, 0.2) is 30.3 Å². The maximum atomic E-state index is 3.74. The monoisotopic (exact) mass is 231 g/mol. The van der Waals surface area contributed by atoms with Crippen LogP contribution in [0.3, 0.4) is 0 Å². The molecule has 0 radical (unpaired) electrons. The molecular weight excluding hydrogens is 206 g/mol. The van der Waals surface area contributed by atoms with E-state index in [0.29, 0.717) is 6.04 Å². The Bertz CT molecular complexity index is 331. The van der Waals surface area contributed by atoms with E-state index in [2.05, 4.69) is 56.4 Å². The second-order valence-electron chi connectivity index (χ2n) is 5.94. The van der Waals surface area contributed by atoms with E-state index >= 15 is 0 Å². The summed E-state index contributed by atoms with van der Waals surface area (Å²) in [5.41, 5.74) is 1.28. The first-order valence-corrected chi connectivity index (χ1v) is 6.98. The van der Waals surface area contributed by atoms with Gasteiger partial charge in [-0.15, -0.1) is 0 Å². The Kier molecular flexibility index (Phi) is 4.09. The van der Waals surface area contributed by atoms with Gasteiger partial charge in [0.2, 0.25) is 0 Å². The Labute approximate surface area is 106 Å². The molecule has 0 bridgehead atoms. The van der Waals surface area contributed by atoms with Gasteiger partial charge < -0.3 is 5.32 Å². The minimum absolute atomic E-state index is 0.654. The summed E-state index contributed by atoms with van der Waals surface area (Å²) >= 11 is 0. The summed E-state index contributed by atoms with van der Waals surface area (Å²) in [7, 11) is 0. The Morgan fingerprint density at radius 2 is 1.82 bits per heavy atom. The SMILES string of the molecule is CC(C)[C@@H]1CC[C@@H](C)C[C@H]1Nc1ccccc1. The summed E-state index contributed by atoms with van der Waals surface area (Å²) in [5.74, 6) is 2.47. The van der Waals surface area contributed by atoms with Crippen LogP contribution in [0.4, 0.5) is 5.69 Å². The zero-order chi connectivity index (χ0) is 12.3. The van der Waals surface area contributed by atoms with Gasteiger partial charge in [-0.05, 0) is 42.7 Å². The molecule has 1 nitrogen and oxygen atoms in total. The van der Waals surface area contributed by atoms with Crippen molar-refractivity contribution in [3.8, 4) is 0 Å². The van der Waals surface area contributed by atoms with Crippen LogP contribution in [0.2, 0.25) is 0 Å². The van der Waals surface area contributed by atoms with Gasteiger partial charge in [-0.3, -0.25) is 0 Å². The number of hydrogen-bond donors (Lipinski definition) is 1. The standard InChI is InChI=1S/C16H25N/c1-12(2)15-10-9-13(3)11-16(15)17-14-7-5-4-6-8-14/h4-8,12-13,15-17H,9-11H2,1-3H3/t13-,15+,16-/m1/s1. The summed E-state index contributed by atoms with van der Waals surface area (Å²) < 4.78 is 0. The third-order valence-corrected chi connectivity index (χ3v) is 4.15. The first-order chi connectivity index (χ1) is 8.16. The molecule has 1 aliphatic rings. The number of rotatable bonds is 3. The van der Waals surface area contributed by atoms with Crippen molar-refractivity contribution in [2.45, 2.75) is 46.1 Å². The lowest BCUT2D eigenvalue weighted by molar-refractivity contribution is 0.212. The fourth-order valence-corrected chi connectivity index (χ4v) is 3.12. The van der Waals surface area contributed by atoms with E-state index in [1.807, 2.05) is 0 Å². The number of benzene rings is 1. The van der Waals surface area contributed by atoms with Crippen LogP contribution in [0.25, 0.3) is 0 Å². The van der Waals surface area contributed by atoms with E-state index in [-0.39, 0.29) is 0 Å². The topological polar surface area (TPSA) is 12.0 Å². The molecule has 0 amide bonds. The highest BCUT2D eigenvalue weighted by Crippen LogP contribution is 2.35. The molecule has 1 N–H and O–H groups in total. The number of anilines is 1. The second-order valence-corrected chi connectivity index (χ2v) is 5.94. The van der Waals surface area contributed by atoms with Crippen LogP contribution < -0.4 is 5.32 Å². The normalized spacial score (nSPS) is 29.3. The van der Waals surface area contributed by atoms with Gasteiger partial charge in [-0.1, -0.05) is 45.4 Å². The van der Waals surface area contributed by atoms with Crippen LogP contribution in [0.5, 0.6) is 0 Å². The van der Waals surface area contributed by atoms with E-state index in [1.54, 1.807) is 0 Å². The van der Waals surface area contributed by atoms with Gasteiger partial charge in [0.05, 0.1) is 0 Å². The average molecular weight is 231 g/mol. The van der Waals surface area contributed by atoms with Gasteiger partial charge in [0.1, 0.15) is 0 Å². The molecule has 0 unspecified atom stereocenters. The van der Waals surface area contributed by atoms with E-state index in [0.717, 1.165) is 17.8 Å². The molecular formula is C16H25N. The molecule has 1 fully saturated rings. The van der Waals surface area contributed by atoms with Gasteiger partial charge in [-0.2, -0.15) is 0 Å². The van der Waals surface area contributed by atoms with Crippen molar-refractivity contribution in [3.05, 3.63) is 30.3 Å². The lowest BCUT2D eigenvalue weighted by Crippen LogP contribution is -2.37. The van der Waals surface area contributed by atoms with Gasteiger partial charge in [-0.25, -0.2) is 0 Å². The third-order valence-electron chi connectivity index (χ3n) is 4.15. The third kappa shape index (κ3) is 3.24. The molecule has 2 rings (SSSR count). The predicted molar refractivity (Wildman–Crippen MR) is 75.2 cm³/mol. The van der Waals surface area contributed by atoms with Crippen LogP contribution in [0, 0.1) is 17.8 Å². The fourth-order valence-electron chi connectivity index (χ4n) is 3.12. The molecule has 1 aromatic rings. The zero-order valence-electron chi connectivity index (χ0n) is 11.3. The van der Waals surface area contributed by atoms with Crippen molar-refractivity contribution < 1.29 is 0 Å². The molecule has 94 valence electrons. The van der Waals surface area contributed by atoms with Crippen LogP contribution in [-0.2, 0) is 0 Å². The van der Waals surface area contributed by atoms with E-state index in [9.17, 15) is 0 Å². The first-order valence-electron chi connectivity index (χ1n) is 6.98. The first kappa shape index (κ1) is 12.5. The zero-order valence-corrected chi connectivity index (χ0v) is 11.3. The van der Waals surface area contributed by atoms with Gasteiger partial charge in [0, 0.05) is 11.7 Å². The lowest BCUT2D eigenvalue weighted by atomic mass is 9.74. The largest absolute Gasteiger partial charge is 0.382 e. The Balaban J connectivity index is 2.05. The molecule has 1 aliphatic carbocycles. The summed E-state index contributed by atoms with van der Waals surface area (Å²) in [5, 5.41) is 3.74.